The SMILES string of the molecule is CCc1cnc(N2CCN(C(=O)c3ccc(N4CCCC4=O)cc3C(=O)N(C)C)CC2)c(C)c1. The van der Waals surface area contributed by atoms with Crippen molar-refractivity contribution in [1.82, 2.24) is 14.8 Å². The van der Waals surface area contributed by atoms with Crippen molar-refractivity contribution in [2.24, 2.45) is 0 Å². The topological polar surface area (TPSA) is 77.1 Å². The van der Waals surface area contributed by atoms with E-state index in [1.54, 1.807) is 42.1 Å². The zero-order chi connectivity index (χ0) is 24.4. The molecule has 0 spiro atoms. The van der Waals surface area contributed by atoms with Crippen LogP contribution in [-0.2, 0) is 11.2 Å². The number of aromatic nitrogens is 1. The molecule has 8 heteroatoms. The molecule has 3 amide bonds. The molecule has 0 atom stereocenters. The molecule has 0 aliphatic carbocycles. The quantitative estimate of drug-likeness (QED) is 0.682. The van der Waals surface area contributed by atoms with E-state index in [4.69, 9.17) is 0 Å². The third-order valence-corrected chi connectivity index (χ3v) is 6.64. The smallest absolute Gasteiger partial charge is 0.254 e. The third-order valence-electron chi connectivity index (χ3n) is 6.64. The van der Waals surface area contributed by atoms with Crippen LogP contribution in [0, 0.1) is 6.92 Å². The van der Waals surface area contributed by atoms with Crippen LogP contribution in [-0.4, -0.2) is 79.3 Å². The lowest BCUT2D eigenvalue weighted by Gasteiger charge is -2.36. The lowest BCUT2D eigenvalue weighted by Crippen LogP contribution is -2.49. The van der Waals surface area contributed by atoms with E-state index >= 15 is 0 Å². The summed E-state index contributed by atoms with van der Waals surface area (Å²) in [6.07, 6.45) is 4.19. The number of anilines is 2. The van der Waals surface area contributed by atoms with Gasteiger partial charge in [-0.3, -0.25) is 14.4 Å². The van der Waals surface area contributed by atoms with Gasteiger partial charge in [-0.15, -0.1) is 0 Å². The van der Waals surface area contributed by atoms with Crippen molar-refractivity contribution < 1.29 is 14.4 Å². The average molecular weight is 464 g/mol. The largest absolute Gasteiger partial charge is 0.353 e. The van der Waals surface area contributed by atoms with Gasteiger partial charge in [-0.1, -0.05) is 13.0 Å². The van der Waals surface area contributed by atoms with Crippen molar-refractivity contribution in [3.8, 4) is 0 Å². The zero-order valence-corrected chi connectivity index (χ0v) is 20.5. The first-order chi connectivity index (χ1) is 16.3. The maximum absolute atomic E-state index is 13.5. The van der Waals surface area contributed by atoms with E-state index in [1.807, 2.05) is 6.20 Å². The third kappa shape index (κ3) is 4.62. The number of carbonyl (C=O) groups is 3. The molecule has 2 aliphatic heterocycles. The van der Waals surface area contributed by atoms with Crippen LogP contribution in [0.3, 0.4) is 0 Å². The molecule has 1 aromatic carbocycles. The number of carbonyl (C=O) groups excluding carboxylic acids is 3. The van der Waals surface area contributed by atoms with E-state index < -0.39 is 0 Å². The highest BCUT2D eigenvalue weighted by atomic mass is 16.2. The minimum absolute atomic E-state index is 0.0503. The minimum atomic E-state index is -0.244. The van der Waals surface area contributed by atoms with Gasteiger partial charge in [-0.05, 0) is 49.1 Å². The molecule has 2 aliphatic rings. The Morgan fingerprint density at radius 3 is 2.35 bits per heavy atom. The molecular formula is C26H33N5O3. The van der Waals surface area contributed by atoms with Gasteiger partial charge in [0.05, 0.1) is 11.1 Å². The molecule has 8 nitrogen and oxygen atoms in total. The number of hydrogen-bond donors (Lipinski definition) is 0. The van der Waals surface area contributed by atoms with Crippen LogP contribution in [0.4, 0.5) is 11.5 Å². The Balaban J connectivity index is 1.53. The number of benzene rings is 1. The molecule has 0 bridgehead atoms. The lowest BCUT2D eigenvalue weighted by atomic mass is 10.0. The van der Waals surface area contributed by atoms with Gasteiger partial charge < -0.3 is 19.6 Å². The van der Waals surface area contributed by atoms with Crippen molar-refractivity contribution in [3.05, 3.63) is 52.7 Å². The van der Waals surface area contributed by atoms with E-state index in [2.05, 4.69) is 29.8 Å². The Morgan fingerprint density at radius 1 is 1.03 bits per heavy atom. The summed E-state index contributed by atoms with van der Waals surface area (Å²) in [5.74, 6) is 0.614. The van der Waals surface area contributed by atoms with Gasteiger partial charge in [-0.25, -0.2) is 4.98 Å². The highest BCUT2D eigenvalue weighted by Crippen LogP contribution is 2.27. The van der Waals surface area contributed by atoms with E-state index in [0.29, 0.717) is 56.0 Å². The second-order valence-corrected chi connectivity index (χ2v) is 9.20. The van der Waals surface area contributed by atoms with Crippen LogP contribution in [0.15, 0.2) is 30.5 Å². The summed E-state index contributed by atoms with van der Waals surface area (Å²) < 4.78 is 0. The van der Waals surface area contributed by atoms with Crippen molar-refractivity contribution in [2.75, 3.05) is 56.6 Å². The number of aryl methyl sites for hydroxylation is 2. The van der Waals surface area contributed by atoms with Crippen molar-refractivity contribution in [3.63, 3.8) is 0 Å². The standard InChI is InChI=1S/C26H33N5O3/c1-5-19-15-18(2)24(27-17-19)29-11-13-30(14-12-29)26(34)21-9-8-20(31-10-6-7-23(31)32)16-22(21)25(33)28(3)4/h8-9,15-17H,5-7,10-14H2,1-4H3. The summed E-state index contributed by atoms with van der Waals surface area (Å²) in [6, 6.07) is 7.34. The average Bonchev–Trinajstić information content (AvgIpc) is 3.28. The summed E-state index contributed by atoms with van der Waals surface area (Å²) in [6.45, 7) is 7.30. The molecule has 4 rings (SSSR count). The number of piperazine rings is 1. The maximum atomic E-state index is 13.5. The lowest BCUT2D eigenvalue weighted by molar-refractivity contribution is -0.117. The number of hydrogen-bond acceptors (Lipinski definition) is 5. The monoisotopic (exact) mass is 463 g/mol. The van der Waals surface area contributed by atoms with Gasteiger partial charge >= 0.3 is 0 Å². The maximum Gasteiger partial charge on any atom is 0.254 e. The van der Waals surface area contributed by atoms with Crippen LogP contribution in [0.25, 0.3) is 0 Å². The molecule has 0 N–H and O–H groups in total. The minimum Gasteiger partial charge on any atom is -0.353 e. The van der Waals surface area contributed by atoms with Crippen molar-refractivity contribution in [1.29, 1.82) is 0 Å². The fraction of sp³-hybridized carbons (Fsp3) is 0.462. The molecule has 2 fully saturated rings. The predicted octanol–water partition coefficient (Wildman–Crippen LogP) is 2.74. The van der Waals surface area contributed by atoms with Gasteiger partial charge in [0.25, 0.3) is 11.8 Å². The first kappa shape index (κ1) is 23.7. The number of rotatable bonds is 5. The summed E-state index contributed by atoms with van der Waals surface area (Å²) in [7, 11) is 3.34. The zero-order valence-electron chi connectivity index (χ0n) is 20.5. The normalized spacial score (nSPS) is 16.2. The Kier molecular flexibility index (Phi) is 6.86. The Labute approximate surface area is 201 Å². The number of nitrogens with zero attached hydrogens (tertiary/aromatic N) is 5. The summed E-state index contributed by atoms with van der Waals surface area (Å²) in [5, 5.41) is 0. The van der Waals surface area contributed by atoms with E-state index in [0.717, 1.165) is 24.2 Å². The molecule has 2 saturated heterocycles. The van der Waals surface area contributed by atoms with Crippen LogP contribution < -0.4 is 9.80 Å². The van der Waals surface area contributed by atoms with Gasteiger partial charge in [0, 0.05) is 65.1 Å². The van der Waals surface area contributed by atoms with Gasteiger partial charge in [0.1, 0.15) is 5.82 Å². The van der Waals surface area contributed by atoms with Crippen LogP contribution >= 0.6 is 0 Å². The molecule has 3 heterocycles. The van der Waals surface area contributed by atoms with E-state index in [-0.39, 0.29) is 17.7 Å². The van der Waals surface area contributed by atoms with Crippen molar-refractivity contribution in [2.45, 2.75) is 33.1 Å². The Hall–Kier alpha value is -3.42. The number of pyridine rings is 1. The number of amides is 3. The highest BCUT2D eigenvalue weighted by Gasteiger charge is 2.29. The molecule has 1 aromatic heterocycles. The second kappa shape index (κ2) is 9.83. The Morgan fingerprint density at radius 2 is 1.76 bits per heavy atom. The predicted molar refractivity (Wildman–Crippen MR) is 133 cm³/mol. The fourth-order valence-electron chi connectivity index (χ4n) is 4.67. The molecular weight excluding hydrogens is 430 g/mol. The molecule has 0 saturated carbocycles. The highest BCUT2D eigenvalue weighted by molar-refractivity contribution is 6.08. The second-order valence-electron chi connectivity index (χ2n) is 9.20. The Bertz CT molecular complexity index is 1110. The van der Waals surface area contributed by atoms with Gasteiger partial charge in [-0.2, -0.15) is 0 Å². The molecule has 0 radical (unpaired) electrons. The molecule has 34 heavy (non-hydrogen) atoms. The van der Waals surface area contributed by atoms with Crippen molar-refractivity contribution >= 4 is 29.2 Å². The summed E-state index contributed by atoms with van der Waals surface area (Å²) in [4.78, 5) is 50.5. The van der Waals surface area contributed by atoms with Gasteiger partial charge in [0.2, 0.25) is 5.91 Å². The van der Waals surface area contributed by atoms with E-state index in [1.165, 1.54) is 10.5 Å². The summed E-state index contributed by atoms with van der Waals surface area (Å²) in [5.41, 5.74) is 3.75. The molecule has 2 aromatic rings. The van der Waals surface area contributed by atoms with E-state index in [9.17, 15) is 14.4 Å². The van der Waals surface area contributed by atoms with Gasteiger partial charge in [0.15, 0.2) is 0 Å². The van der Waals surface area contributed by atoms with Crippen LogP contribution in [0.2, 0.25) is 0 Å². The first-order valence-corrected chi connectivity index (χ1v) is 12.0. The first-order valence-electron chi connectivity index (χ1n) is 12.0. The fourth-order valence-corrected chi connectivity index (χ4v) is 4.67. The molecule has 180 valence electrons. The molecule has 0 unspecified atom stereocenters. The van der Waals surface area contributed by atoms with Crippen LogP contribution in [0.1, 0.15) is 51.6 Å². The van der Waals surface area contributed by atoms with Crippen LogP contribution in [0.5, 0.6) is 0 Å². The summed E-state index contributed by atoms with van der Waals surface area (Å²) >= 11 is 0.